The summed E-state index contributed by atoms with van der Waals surface area (Å²) in [4.78, 5) is 22.8. The molecule has 11 heteroatoms. The molecule has 8 nitrogen and oxygen atoms in total. The van der Waals surface area contributed by atoms with E-state index in [4.69, 9.17) is 0 Å². The van der Waals surface area contributed by atoms with Crippen molar-refractivity contribution in [3.05, 3.63) is 58.1 Å². The summed E-state index contributed by atoms with van der Waals surface area (Å²) < 4.78 is 52.3. The quantitative estimate of drug-likeness (QED) is 0.567. The summed E-state index contributed by atoms with van der Waals surface area (Å²) in [6, 6.07) is 9.87. The molecule has 3 aromatic rings. The molecule has 0 saturated carbocycles. The smallest absolute Gasteiger partial charge is 0.229 e. The minimum atomic E-state index is -4.13. The van der Waals surface area contributed by atoms with Crippen LogP contribution in [0.2, 0.25) is 0 Å². The fourth-order valence-electron chi connectivity index (χ4n) is 2.55. The molecule has 0 bridgehead atoms. The fourth-order valence-corrected chi connectivity index (χ4v) is 5.51. The van der Waals surface area contributed by atoms with Crippen molar-refractivity contribution in [2.24, 2.45) is 0 Å². The molecule has 0 unspecified atom stereocenters. The average molecular weight is 439 g/mol. The largest absolute Gasteiger partial charge is 0.325 e. The van der Waals surface area contributed by atoms with Crippen LogP contribution >= 0.6 is 11.3 Å². The van der Waals surface area contributed by atoms with E-state index in [0.29, 0.717) is 11.1 Å². The summed E-state index contributed by atoms with van der Waals surface area (Å²) in [5.74, 6) is 0. The van der Waals surface area contributed by atoms with E-state index in [1.54, 1.807) is 6.07 Å². The lowest BCUT2D eigenvalue weighted by molar-refractivity contribution is -0.105. The second kappa shape index (κ2) is 7.34. The lowest BCUT2D eigenvalue weighted by Gasteiger charge is -2.13. The third-order valence-corrected chi connectivity index (χ3v) is 7.07. The van der Waals surface area contributed by atoms with E-state index in [1.165, 1.54) is 35.7 Å². The number of hydrogen-bond donors (Lipinski definition) is 2. The fraction of sp³-hybridized carbons (Fsp3) is 0.0588. The number of benzene rings is 2. The minimum absolute atomic E-state index is 0.000573. The molecule has 0 spiro atoms. The standard InChI is InChI=1S/C17H14N2O6S3/c1-27(22,23)19-13-8-15-12(17(21)14(9-26-15)18-10-20)7-16(13)28(24,25)11-5-3-2-4-6-11/h2-10,19H,1H3,(H,18,20). The van der Waals surface area contributed by atoms with Gasteiger partial charge in [-0.1, -0.05) is 18.2 Å². The number of hydrogen-bond acceptors (Lipinski definition) is 7. The Labute approximate surface area is 164 Å². The minimum Gasteiger partial charge on any atom is -0.325 e. The Morgan fingerprint density at radius 2 is 1.68 bits per heavy atom. The lowest BCUT2D eigenvalue weighted by atomic mass is 10.2. The van der Waals surface area contributed by atoms with Crippen LogP contribution in [0.5, 0.6) is 0 Å². The van der Waals surface area contributed by atoms with Crippen molar-refractivity contribution in [3.8, 4) is 0 Å². The third-order valence-electron chi connectivity index (χ3n) is 3.73. The molecular weight excluding hydrogens is 424 g/mol. The van der Waals surface area contributed by atoms with Gasteiger partial charge >= 0.3 is 0 Å². The van der Waals surface area contributed by atoms with Crippen LogP contribution in [-0.2, 0) is 24.7 Å². The van der Waals surface area contributed by atoms with E-state index in [9.17, 15) is 26.4 Å². The van der Waals surface area contributed by atoms with Crippen molar-refractivity contribution in [3.63, 3.8) is 0 Å². The number of sulfonamides is 1. The van der Waals surface area contributed by atoms with E-state index < -0.39 is 25.3 Å². The number of carbonyl (C=O) groups excluding carboxylic acids is 1. The van der Waals surface area contributed by atoms with E-state index in [2.05, 4.69) is 10.0 Å². The van der Waals surface area contributed by atoms with Gasteiger partial charge in [0.1, 0.15) is 0 Å². The van der Waals surface area contributed by atoms with E-state index >= 15 is 0 Å². The maximum atomic E-state index is 13.1. The molecule has 0 aliphatic carbocycles. The zero-order valence-corrected chi connectivity index (χ0v) is 16.8. The first-order valence-electron chi connectivity index (χ1n) is 7.71. The highest BCUT2D eigenvalue weighted by atomic mass is 32.2. The monoisotopic (exact) mass is 438 g/mol. The number of carbonyl (C=O) groups is 1. The number of rotatable bonds is 6. The SMILES string of the molecule is CS(=O)(=O)Nc1cc2scc(NC=O)c(=O)c2cc1S(=O)(=O)c1ccccc1. The van der Waals surface area contributed by atoms with Gasteiger partial charge in [0.15, 0.2) is 0 Å². The van der Waals surface area contributed by atoms with Crippen molar-refractivity contribution < 1.29 is 21.6 Å². The molecule has 0 radical (unpaired) electrons. The van der Waals surface area contributed by atoms with Gasteiger partial charge < -0.3 is 5.32 Å². The highest BCUT2D eigenvalue weighted by molar-refractivity contribution is 7.93. The Balaban J connectivity index is 2.37. The van der Waals surface area contributed by atoms with Crippen molar-refractivity contribution in [1.29, 1.82) is 0 Å². The van der Waals surface area contributed by atoms with Crippen molar-refractivity contribution >= 4 is 59.1 Å². The first-order chi connectivity index (χ1) is 13.1. The first-order valence-corrected chi connectivity index (χ1v) is 12.0. The summed E-state index contributed by atoms with van der Waals surface area (Å²) in [5.41, 5.74) is -0.735. The zero-order chi connectivity index (χ0) is 20.5. The van der Waals surface area contributed by atoms with Crippen LogP contribution in [0, 0.1) is 0 Å². The van der Waals surface area contributed by atoms with Crippen LogP contribution in [-0.4, -0.2) is 29.5 Å². The maximum Gasteiger partial charge on any atom is 0.229 e. The van der Waals surface area contributed by atoms with Gasteiger partial charge in [0.2, 0.25) is 31.7 Å². The molecule has 2 aromatic carbocycles. The van der Waals surface area contributed by atoms with Gasteiger partial charge in [-0.05, 0) is 24.3 Å². The summed E-state index contributed by atoms with van der Waals surface area (Å²) in [6.45, 7) is 0. The maximum absolute atomic E-state index is 13.1. The second-order valence-corrected chi connectivity index (χ2v) is 10.4. The average Bonchev–Trinajstić information content (AvgIpc) is 2.63. The van der Waals surface area contributed by atoms with Crippen LogP contribution in [0.1, 0.15) is 0 Å². The Morgan fingerprint density at radius 3 is 2.29 bits per heavy atom. The van der Waals surface area contributed by atoms with E-state index in [0.717, 1.165) is 23.7 Å². The second-order valence-electron chi connectivity index (χ2n) is 5.78. The molecule has 0 aliphatic heterocycles. The summed E-state index contributed by atoms with van der Waals surface area (Å²) in [5, 5.41) is 3.71. The summed E-state index contributed by atoms with van der Waals surface area (Å²) >= 11 is 1.06. The van der Waals surface area contributed by atoms with Gasteiger partial charge in [0.05, 0.1) is 27.4 Å². The molecule has 1 heterocycles. The molecule has 0 saturated heterocycles. The third kappa shape index (κ3) is 3.91. The highest BCUT2D eigenvalue weighted by Gasteiger charge is 2.24. The number of anilines is 2. The van der Waals surface area contributed by atoms with Crippen LogP contribution in [0.4, 0.5) is 11.4 Å². The van der Waals surface area contributed by atoms with E-state index in [1.807, 2.05) is 0 Å². The topological polar surface area (TPSA) is 126 Å². The van der Waals surface area contributed by atoms with Crippen molar-refractivity contribution in [2.45, 2.75) is 9.79 Å². The van der Waals surface area contributed by atoms with Gasteiger partial charge in [-0.15, -0.1) is 11.3 Å². The van der Waals surface area contributed by atoms with Gasteiger partial charge in [0.25, 0.3) is 0 Å². The number of sulfone groups is 1. The summed E-state index contributed by atoms with van der Waals surface area (Å²) in [6.07, 6.45) is 1.24. The normalized spacial score (nSPS) is 11.9. The number of amides is 1. The van der Waals surface area contributed by atoms with Gasteiger partial charge in [-0.3, -0.25) is 14.3 Å². The number of fused-ring (bicyclic) bond motifs is 1. The molecule has 0 atom stereocenters. The van der Waals surface area contributed by atoms with Crippen LogP contribution in [0.15, 0.2) is 62.4 Å². The Hall–Kier alpha value is -2.76. The van der Waals surface area contributed by atoms with Crippen LogP contribution in [0.25, 0.3) is 10.1 Å². The highest BCUT2D eigenvalue weighted by Crippen LogP contribution is 2.33. The van der Waals surface area contributed by atoms with Gasteiger partial charge in [-0.25, -0.2) is 16.8 Å². The van der Waals surface area contributed by atoms with Crippen LogP contribution in [0.3, 0.4) is 0 Å². The molecule has 146 valence electrons. The molecule has 1 aromatic heterocycles. The molecule has 0 aliphatic rings. The molecule has 28 heavy (non-hydrogen) atoms. The molecular formula is C17H14N2O6S3. The lowest BCUT2D eigenvalue weighted by Crippen LogP contribution is -2.15. The Bertz CT molecular complexity index is 1330. The summed E-state index contributed by atoms with van der Waals surface area (Å²) in [7, 11) is -7.91. The Kier molecular flexibility index (Phi) is 5.24. The van der Waals surface area contributed by atoms with Gasteiger partial charge in [0, 0.05) is 15.5 Å². The van der Waals surface area contributed by atoms with Crippen LogP contribution < -0.4 is 15.5 Å². The predicted octanol–water partition coefficient (Wildman–Crippen LogP) is 2.03. The van der Waals surface area contributed by atoms with Crippen molar-refractivity contribution in [2.75, 3.05) is 16.3 Å². The predicted molar refractivity (Wildman–Crippen MR) is 108 cm³/mol. The molecule has 0 fully saturated rings. The molecule has 3 rings (SSSR count). The molecule has 2 N–H and O–H groups in total. The number of nitrogens with one attached hydrogen (secondary N) is 2. The Morgan fingerprint density at radius 1 is 1.00 bits per heavy atom. The zero-order valence-electron chi connectivity index (χ0n) is 14.4. The van der Waals surface area contributed by atoms with Crippen molar-refractivity contribution in [1.82, 2.24) is 0 Å². The first kappa shape index (κ1) is 20.0. The molecule has 1 amide bonds. The van der Waals surface area contributed by atoms with E-state index in [-0.39, 0.29) is 26.6 Å². The van der Waals surface area contributed by atoms with Gasteiger partial charge in [-0.2, -0.15) is 0 Å².